The zero-order chi connectivity index (χ0) is 91.3. The summed E-state index contributed by atoms with van der Waals surface area (Å²) in [4.78, 5) is 15.0. The Bertz CT molecular complexity index is 9510. The largest absolute Gasteiger partial charge is 0.309 e. The fraction of sp³-hybridized carbons (Fsp3) is 0. The van der Waals surface area contributed by atoms with Crippen LogP contribution in [0.1, 0.15) is 0 Å². The van der Waals surface area contributed by atoms with Crippen molar-refractivity contribution in [2.75, 3.05) is 0 Å². The van der Waals surface area contributed by atoms with E-state index in [9.17, 15) is 9.13 Å². The van der Waals surface area contributed by atoms with Crippen molar-refractivity contribution in [1.29, 1.82) is 0 Å². The van der Waals surface area contributed by atoms with Crippen LogP contribution < -0.4 is 47.7 Å². The first-order valence-electron chi connectivity index (χ1n) is 46.2. The Balaban J connectivity index is 0.000000109. The summed E-state index contributed by atoms with van der Waals surface area (Å²) in [5, 5.41) is 22.5. The van der Waals surface area contributed by atoms with Crippen molar-refractivity contribution in [3.05, 3.63) is 504 Å². The number of aromatic nitrogens is 6. The number of hydrogen-bond donors (Lipinski definition) is 0. The molecule has 27 rings (SSSR count). The summed E-state index contributed by atoms with van der Waals surface area (Å²) >= 11 is 0. The van der Waals surface area contributed by atoms with Gasteiger partial charge in [0.25, 0.3) is 0 Å². The van der Waals surface area contributed by atoms with Crippen molar-refractivity contribution in [3.63, 3.8) is 0 Å². The Hall–Kier alpha value is -16.8. The first-order chi connectivity index (χ1) is 67.5. The van der Waals surface area contributed by atoms with Crippen LogP contribution in [0.4, 0.5) is 0 Å². The lowest BCUT2D eigenvalue weighted by Crippen LogP contribution is -2.24. The molecule has 0 atom stereocenters. The lowest BCUT2D eigenvalue weighted by molar-refractivity contribution is 0.591. The van der Waals surface area contributed by atoms with Crippen molar-refractivity contribution in [3.8, 4) is 44.5 Å². The van der Waals surface area contributed by atoms with E-state index in [1.54, 1.807) is 0 Å². The normalized spacial score (nSPS) is 12.0. The Labute approximate surface area is 790 Å². The molecular formula is C125H83N6O3P3. The summed E-state index contributed by atoms with van der Waals surface area (Å²) < 4.78 is 51.6. The van der Waals surface area contributed by atoms with Crippen LogP contribution in [0.15, 0.2) is 504 Å². The van der Waals surface area contributed by atoms with Gasteiger partial charge >= 0.3 is 0 Å². The maximum Gasteiger partial charge on any atom is 0.171 e. The summed E-state index contributed by atoms with van der Waals surface area (Å²) in [5.41, 5.74) is 21.8. The first-order valence-corrected chi connectivity index (χ1v) is 51.3. The quantitative estimate of drug-likeness (QED) is 0.0842. The van der Waals surface area contributed by atoms with Gasteiger partial charge in [0, 0.05) is 80.1 Å². The van der Waals surface area contributed by atoms with Crippen LogP contribution in [0.5, 0.6) is 0 Å². The zero-order valence-electron chi connectivity index (χ0n) is 74.2. The molecule has 27 aromatic rings. The fourth-order valence-electron chi connectivity index (χ4n) is 20.6. The van der Waals surface area contributed by atoms with E-state index in [0.29, 0.717) is 0 Å². The molecule has 0 bridgehead atoms. The number of imidazole rings is 3. The Morgan fingerprint density at radius 2 is 0.365 bits per heavy atom. The number of para-hydroxylation sites is 6. The van der Waals surface area contributed by atoms with E-state index in [4.69, 9.17) is 15.0 Å². The van der Waals surface area contributed by atoms with Gasteiger partial charge in [-0.05, 0) is 179 Å². The molecule has 646 valence electrons. The third-order valence-corrected chi connectivity index (χ3v) is 36.5. The van der Waals surface area contributed by atoms with E-state index in [1.807, 2.05) is 224 Å². The van der Waals surface area contributed by atoms with Gasteiger partial charge in [0.05, 0.1) is 49.7 Å². The second kappa shape index (κ2) is 33.8. The molecule has 0 aliphatic rings. The highest BCUT2D eigenvalue weighted by Crippen LogP contribution is 2.48. The molecule has 6 aromatic heterocycles. The van der Waals surface area contributed by atoms with Crippen molar-refractivity contribution >= 4 is 206 Å². The minimum atomic E-state index is -3.07. The molecular weight excluding hydrogens is 1730 g/mol. The van der Waals surface area contributed by atoms with Gasteiger partial charge in [0.1, 0.15) is 16.9 Å². The van der Waals surface area contributed by atoms with Crippen molar-refractivity contribution in [2.24, 2.45) is 0 Å². The second-order valence-electron chi connectivity index (χ2n) is 35.1. The molecule has 12 heteroatoms. The van der Waals surface area contributed by atoms with E-state index in [-0.39, 0.29) is 0 Å². The minimum absolute atomic E-state index is 0.832. The number of hydrogen-bond acceptors (Lipinski definition) is 6. The lowest BCUT2D eigenvalue weighted by atomic mass is 9.97. The number of benzene rings is 21. The van der Waals surface area contributed by atoms with Gasteiger partial charge in [-0.2, -0.15) is 0 Å². The van der Waals surface area contributed by atoms with Gasteiger partial charge in [0.15, 0.2) is 21.4 Å². The van der Waals surface area contributed by atoms with E-state index in [1.165, 1.54) is 37.9 Å². The molecule has 0 amide bonds. The van der Waals surface area contributed by atoms with Gasteiger partial charge in [-0.25, -0.2) is 15.0 Å². The summed E-state index contributed by atoms with van der Waals surface area (Å²) in [6, 6.07) is 173. The van der Waals surface area contributed by atoms with E-state index in [2.05, 4.69) is 292 Å². The van der Waals surface area contributed by atoms with E-state index in [0.717, 1.165) is 191 Å². The average molecular weight is 1810 g/mol. The smallest absolute Gasteiger partial charge is 0.171 e. The number of pyridine rings is 3. The third-order valence-electron chi connectivity index (χ3n) is 27.3. The van der Waals surface area contributed by atoms with Gasteiger partial charge in [-0.1, -0.05) is 406 Å². The maximum absolute atomic E-state index is 15.1. The maximum atomic E-state index is 15.1. The number of nitrogens with zero attached hydrogens (tertiary/aromatic N) is 6. The fourth-order valence-corrected chi connectivity index (χ4v) is 28.6. The predicted octanol–water partition coefficient (Wildman–Crippen LogP) is 28.3. The van der Waals surface area contributed by atoms with Gasteiger partial charge in [-0.15, -0.1) is 0 Å². The van der Waals surface area contributed by atoms with Crippen LogP contribution in [-0.2, 0) is 13.7 Å². The molecule has 0 spiro atoms. The summed E-state index contributed by atoms with van der Waals surface area (Å²) in [6.07, 6.45) is 0. The van der Waals surface area contributed by atoms with Crippen LogP contribution in [-0.4, -0.2) is 28.2 Å². The molecule has 9 nitrogen and oxygen atoms in total. The molecule has 0 fully saturated rings. The van der Waals surface area contributed by atoms with Crippen LogP contribution in [0.3, 0.4) is 0 Å². The van der Waals surface area contributed by atoms with Crippen LogP contribution in [0.2, 0.25) is 0 Å². The molecule has 0 N–H and O–H groups in total. The van der Waals surface area contributed by atoms with Gasteiger partial charge in [0.2, 0.25) is 0 Å². The SMILES string of the molecule is O=P(c1ccccc1)(c1ccccc1)c1ccc(-c2ccc(-c3ccc4c(c3)c3ccccc3c3nc5ccccc5n43)cc2)cc1.O=P(c1ccccc1)(c1ccccc1)c1ccc2cc(-c3ccc4c(c3)c3ccccc3c3nc5ccccc5n43)ccc2c1.O=P(c1ccccc1)(c1ccccc1)c1ccc2ccc(-c3ccc4c(c3)c3ccccc3c3nc5ccccc5n43)cc2c1. The molecule has 137 heavy (non-hydrogen) atoms. The topological polar surface area (TPSA) is 103 Å². The summed E-state index contributed by atoms with van der Waals surface area (Å²) in [6.45, 7) is 0. The van der Waals surface area contributed by atoms with Crippen molar-refractivity contribution in [2.45, 2.75) is 0 Å². The molecule has 0 saturated carbocycles. The Kier molecular flexibility index (Phi) is 20.2. The average Bonchev–Trinajstić information content (AvgIpc) is 1.59. The van der Waals surface area contributed by atoms with Gasteiger partial charge in [-0.3, -0.25) is 13.2 Å². The highest BCUT2D eigenvalue weighted by molar-refractivity contribution is 7.86. The van der Waals surface area contributed by atoms with Crippen molar-refractivity contribution in [1.82, 2.24) is 28.2 Å². The van der Waals surface area contributed by atoms with E-state index >= 15 is 4.57 Å². The molecule has 0 aliphatic carbocycles. The third kappa shape index (κ3) is 14.0. The van der Waals surface area contributed by atoms with Crippen LogP contribution in [0, 0.1) is 0 Å². The zero-order valence-corrected chi connectivity index (χ0v) is 76.9. The summed E-state index contributed by atoms with van der Waals surface area (Å²) in [5.74, 6) is 0. The first kappa shape index (κ1) is 82.2. The number of rotatable bonds is 13. The Morgan fingerprint density at radius 1 is 0.146 bits per heavy atom. The minimum Gasteiger partial charge on any atom is -0.309 e. The second-order valence-corrected chi connectivity index (χ2v) is 43.4. The molecule has 0 saturated heterocycles. The van der Waals surface area contributed by atoms with E-state index < -0.39 is 21.4 Å². The number of fused-ring (bicyclic) bond motifs is 26. The molecule has 0 radical (unpaired) electrons. The summed E-state index contributed by atoms with van der Waals surface area (Å²) in [7, 11) is -9.12. The van der Waals surface area contributed by atoms with Crippen LogP contribution >= 0.6 is 21.4 Å². The molecule has 0 unspecified atom stereocenters. The molecule has 6 heterocycles. The van der Waals surface area contributed by atoms with Gasteiger partial charge < -0.3 is 13.7 Å². The van der Waals surface area contributed by atoms with Crippen molar-refractivity contribution < 1.29 is 13.7 Å². The monoisotopic (exact) mass is 1810 g/mol. The predicted molar refractivity (Wildman–Crippen MR) is 578 cm³/mol. The molecule has 0 aliphatic heterocycles. The van der Waals surface area contributed by atoms with Crippen LogP contribution in [0.25, 0.3) is 181 Å². The highest BCUT2D eigenvalue weighted by Gasteiger charge is 2.34. The standard InChI is InChI=1S/C43H29N2OP.2C41H27N2OP/c46-47(34-11-3-1-4-12-34,35-13-5-2-6-14-35)36-26-23-31(24-27-36)30-19-21-32(22-20-30)33-25-28-41-39(29-33)37-15-7-8-16-38(37)43-44-40-17-9-10-18-42(40)45(41)43;44-45(32-11-3-1-4-12-32,33-13-5-2-6-14-33)34-23-21-29-25-28(19-20-30(29)26-34)31-22-24-39-37(27-31)35-15-7-8-16-36(35)41-42-38-17-9-10-18-40(38)43(39)41;44-45(32-11-3-1-4-12-32,33-13-5-2-6-14-33)34-23-21-28-19-20-29(25-31(28)26-34)30-22-24-39-37(27-30)35-15-7-8-16-36(35)41-42-38-17-9-10-18-40(38)43(39)41/h1-29H;2*1-27H. The Morgan fingerprint density at radius 3 is 0.723 bits per heavy atom. The lowest BCUT2D eigenvalue weighted by Gasteiger charge is -2.20. The molecule has 21 aromatic carbocycles. The highest BCUT2D eigenvalue weighted by atomic mass is 31.2.